The molecule has 0 spiro atoms. The summed E-state index contributed by atoms with van der Waals surface area (Å²) in [5, 5.41) is 24.6. The van der Waals surface area contributed by atoms with Gasteiger partial charge in [0.15, 0.2) is 0 Å². The highest BCUT2D eigenvalue weighted by molar-refractivity contribution is 5.95. The second-order valence-electron chi connectivity index (χ2n) is 8.47. The molecule has 0 aliphatic carbocycles. The number of carboxylic acids is 1. The minimum absolute atomic E-state index is 0.0170. The van der Waals surface area contributed by atoms with E-state index in [2.05, 4.69) is 4.90 Å². The SMILES string of the molecule is N=C(N)c1ccc(OCCCN2CCN(CCCOc3ccc(C(=N)N)cc3)C(C(=O)O)C2)cc1. The van der Waals surface area contributed by atoms with E-state index in [0.29, 0.717) is 56.1 Å². The highest BCUT2D eigenvalue weighted by Gasteiger charge is 2.31. The number of carboxylic acid groups (broad SMARTS) is 1. The summed E-state index contributed by atoms with van der Waals surface area (Å²) in [6.07, 6.45) is 1.51. The Morgan fingerprint density at radius 2 is 1.34 bits per heavy atom. The fraction of sp³-hybridized carbons (Fsp3) is 0.400. The van der Waals surface area contributed by atoms with E-state index in [1.807, 2.05) is 4.90 Å². The number of hydrogen-bond acceptors (Lipinski definition) is 7. The molecule has 1 aliphatic rings. The normalized spacial score (nSPS) is 16.5. The van der Waals surface area contributed by atoms with Gasteiger partial charge < -0.3 is 26.0 Å². The van der Waals surface area contributed by atoms with Crippen molar-refractivity contribution in [3.8, 4) is 11.5 Å². The first-order valence-corrected chi connectivity index (χ1v) is 11.7. The summed E-state index contributed by atoms with van der Waals surface area (Å²) in [6, 6.07) is 13.6. The predicted molar refractivity (Wildman–Crippen MR) is 135 cm³/mol. The number of aliphatic carboxylic acids is 1. The van der Waals surface area contributed by atoms with Gasteiger partial charge in [0.1, 0.15) is 29.2 Å². The van der Waals surface area contributed by atoms with E-state index in [-0.39, 0.29) is 11.7 Å². The molecule has 2 aromatic rings. The Bertz CT molecular complexity index is 996. The molecule has 0 amide bonds. The Hall–Kier alpha value is -3.63. The van der Waals surface area contributed by atoms with Gasteiger partial charge in [-0.1, -0.05) is 0 Å². The lowest BCUT2D eigenvalue weighted by molar-refractivity contribution is -0.146. The summed E-state index contributed by atoms with van der Waals surface area (Å²) in [5.41, 5.74) is 12.2. The first kappa shape index (κ1) is 26.0. The minimum Gasteiger partial charge on any atom is -0.494 e. The van der Waals surface area contributed by atoms with E-state index < -0.39 is 12.0 Å². The van der Waals surface area contributed by atoms with Crippen LogP contribution in [0.4, 0.5) is 0 Å². The van der Waals surface area contributed by atoms with Crippen molar-refractivity contribution in [1.82, 2.24) is 9.80 Å². The molecule has 1 atom stereocenters. The van der Waals surface area contributed by atoms with Crippen molar-refractivity contribution in [2.75, 3.05) is 45.9 Å². The number of piperazine rings is 1. The Kier molecular flexibility index (Phi) is 9.45. The first-order chi connectivity index (χ1) is 16.8. The first-order valence-electron chi connectivity index (χ1n) is 11.7. The molecule has 0 saturated carbocycles. The monoisotopic (exact) mass is 482 g/mol. The van der Waals surface area contributed by atoms with Crippen molar-refractivity contribution in [2.24, 2.45) is 11.5 Å². The second kappa shape index (κ2) is 12.7. The molecule has 1 unspecified atom stereocenters. The summed E-state index contributed by atoms with van der Waals surface area (Å²) in [5.74, 6) is 0.657. The van der Waals surface area contributed by atoms with Crippen molar-refractivity contribution in [2.45, 2.75) is 18.9 Å². The van der Waals surface area contributed by atoms with Crippen molar-refractivity contribution in [1.29, 1.82) is 10.8 Å². The van der Waals surface area contributed by atoms with Crippen LogP contribution in [0.15, 0.2) is 48.5 Å². The number of nitrogens with one attached hydrogen (secondary N) is 2. The molecule has 1 fully saturated rings. The van der Waals surface area contributed by atoms with Crippen molar-refractivity contribution >= 4 is 17.6 Å². The van der Waals surface area contributed by atoms with Gasteiger partial charge in [-0.3, -0.25) is 25.4 Å². The maximum Gasteiger partial charge on any atom is 0.322 e. The molecular formula is C25H34N6O4. The molecule has 1 heterocycles. The van der Waals surface area contributed by atoms with Gasteiger partial charge >= 0.3 is 5.97 Å². The van der Waals surface area contributed by atoms with E-state index >= 15 is 0 Å². The highest BCUT2D eigenvalue weighted by Crippen LogP contribution is 2.15. The Morgan fingerprint density at radius 3 is 1.80 bits per heavy atom. The number of amidine groups is 2. The third kappa shape index (κ3) is 7.97. The van der Waals surface area contributed by atoms with Gasteiger partial charge in [-0.25, -0.2) is 0 Å². The van der Waals surface area contributed by atoms with E-state index in [0.717, 1.165) is 25.3 Å². The predicted octanol–water partition coefficient (Wildman–Crippen LogP) is 1.56. The maximum atomic E-state index is 11.9. The summed E-state index contributed by atoms with van der Waals surface area (Å²) in [4.78, 5) is 16.0. The van der Waals surface area contributed by atoms with Crippen molar-refractivity contribution in [3.05, 3.63) is 59.7 Å². The van der Waals surface area contributed by atoms with Crippen LogP contribution in [0.2, 0.25) is 0 Å². The third-order valence-electron chi connectivity index (χ3n) is 5.94. The van der Waals surface area contributed by atoms with Crippen LogP contribution in [0, 0.1) is 10.8 Å². The zero-order chi connectivity index (χ0) is 25.2. The van der Waals surface area contributed by atoms with Gasteiger partial charge in [0.05, 0.1) is 13.2 Å². The zero-order valence-corrected chi connectivity index (χ0v) is 19.8. The number of nitrogen functional groups attached to an aromatic ring is 2. The van der Waals surface area contributed by atoms with Gasteiger partial charge in [-0.2, -0.15) is 0 Å². The van der Waals surface area contributed by atoms with Crippen LogP contribution in [0.5, 0.6) is 11.5 Å². The number of rotatable bonds is 13. The minimum atomic E-state index is -0.808. The molecule has 1 saturated heterocycles. The number of nitrogens with zero attached hydrogens (tertiary/aromatic N) is 2. The highest BCUT2D eigenvalue weighted by atomic mass is 16.5. The van der Waals surface area contributed by atoms with Gasteiger partial charge in [0.25, 0.3) is 0 Å². The quantitative estimate of drug-likeness (QED) is 0.163. The van der Waals surface area contributed by atoms with Crippen LogP contribution < -0.4 is 20.9 Å². The van der Waals surface area contributed by atoms with Gasteiger partial charge in [-0.05, 0) is 61.4 Å². The smallest absolute Gasteiger partial charge is 0.322 e. The molecule has 7 N–H and O–H groups in total. The molecule has 35 heavy (non-hydrogen) atoms. The lowest BCUT2D eigenvalue weighted by Crippen LogP contribution is -2.56. The van der Waals surface area contributed by atoms with Crippen LogP contribution in [-0.2, 0) is 4.79 Å². The Labute approximate surface area is 205 Å². The molecule has 188 valence electrons. The van der Waals surface area contributed by atoms with E-state index in [4.69, 9.17) is 31.8 Å². The molecule has 2 aromatic carbocycles. The molecule has 1 aliphatic heterocycles. The van der Waals surface area contributed by atoms with Gasteiger partial charge in [-0.15, -0.1) is 0 Å². The van der Waals surface area contributed by atoms with E-state index in [1.165, 1.54) is 0 Å². The van der Waals surface area contributed by atoms with Crippen molar-refractivity contribution in [3.63, 3.8) is 0 Å². The average molecular weight is 483 g/mol. The van der Waals surface area contributed by atoms with Crippen LogP contribution >= 0.6 is 0 Å². The van der Waals surface area contributed by atoms with E-state index in [1.54, 1.807) is 48.5 Å². The van der Waals surface area contributed by atoms with Crippen LogP contribution in [-0.4, -0.2) is 84.5 Å². The standard InChI is InChI=1S/C25H34N6O4/c26-23(27)18-3-7-20(8-4-18)34-15-1-11-30-13-14-31(22(17-30)25(32)33)12-2-16-35-21-9-5-19(6-10-21)24(28)29/h3-10,22H,1-2,11-17H2,(H3,26,27)(H3,28,29)(H,32,33). The third-order valence-corrected chi connectivity index (χ3v) is 5.94. The molecule has 0 bridgehead atoms. The summed E-state index contributed by atoms with van der Waals surface area (Å²) < 4.78 is 11.5. The molecule has 10 nitrogen and oxygen atoms in total. The van der Waals surface area contributed by atoms with Crippen LogP contribution in [0.3, 0.4) is 0 Å². The molecule has 10 heteroatoms. The average Bonchev–Trinajstić information content (AvgIpc) is 2.85. The molecular weight excluding hydrogens is 448 g/mol. The molecule has 0 aromatic heterocycles. The lowest BCUT2D eigenvalue weighted by atomic mass is 10.1. The lowest BCUT2D eigenvalue weighted by Gasteiger charge is -2.39. The molecule has 3 rings (SSSR count). The number of carbonyl (C=O) groups is 1. The van der Waals surface area contributed by atoms with Gasteiger partial charge in [0.2, 0.25) is 0 Å². The largest absolute Gasteiger partial charge is 0.494 e. The zero-order valence-electron chi connectivity index (χ0n) is 19.8. The Morgan fingerprint density at radius 1 is 0.857 bits per heavy atom. The number of nitrogens with two attached hydrogens (primary N) is 2. The van der Waals surface area contributed by atoms with E-state index in [9.17, 15) is 9.90 Å². The van der Waals surface area contributed by atoms with Crippen molar-refractivity contribution < 1.29 is 19.4 Å². The fourth-order valence-electron chi connectivity index (χ4n) is 3.98. The Balaban J connectivity index is 1.36. The summed E-state index contributed by atoms with van der Waals surface area (Å²) in [7, 11) is 0. The summed E-state index contributed by atoms with van der Waals surface area (Å²) in [6.45, 7) is 4.41. The summed E-state index contributed by atoms with van der Waals surface area (Å²) >= 11 is 0. The molecule has 0 radical (unpaired) electrons. The fourth-order valence-corrected chi connectivity index (χ4v) is 3.98. The van der Waals surface area contributed by atoms with Crippen LogP contribution in [0.25, 0.3) is 0 Å². The van der Waals surface area contributed by atoms with Gasteiger partial charge in [0, 0.05) is 43.9 Å². The number of ether oxygens (including phenoxy) is 2. The number of benzene rings is 2. The topological polar surface area (TPSA) is 162 Å². The maximum absolute atomic E-state index is 11.9. The second-order valence-corrected chi connectivity index (χ2v) is 8.47. The van der Waals surface area contributed by atoms with Crippen LogP contribution in [0.1, 0.15) is 24.0 Å². The number of hydrogen-bond donors (Lipinski definition) is 5.